The third-order valence-corrected chi connectivity index (χ3v) is 9.85. The Hall–Kier alpha value is -5.25. The molecule has 0 spiro atoms. The summed E-state index contributed by atoms with van der Waals surface area (Å²) < 4.78 is 29.8. The molecule has 0 unspecified atom stereocenters. The number of H-pyrrole nitrogens is 1. The average Bonchev–Trinajstić information content (AvgIpc) is 3.94. The van der Waals surface area contributed by atoms with Crippen LogP contribution >= 0.6 is 0 Å². The molecule has 6 rings (SSSR count). The summed E-state index contributed by atoms with van der Waals surface area (Å²) in [4.78, 5) is 3.55. The first kappa shape index (κ1) is 88.6. The van der Waals surface area contributed by atoms with E-state index < -0.39 is 6.67 Å². The van der Waals surface area contributed by atoms with Gasteiger partial charge in [0.2, 0.25) is 0 Å². The topological polar surface area (TPSA) is 32.8 Å². The average molecular weight is 1110 g/mol. The number of benzene rings is 3. The van der Waals surface area contributed by atoms with E-state index in [4.69, 9.17) is 0 Å². The van der Waals surface area contributed by atoms with Gasteiger partial charge in [-0.2, -0.15) is 0 Å². The van der Waals surface area contributed by atoms with Crippen LogP contribution in [-0.2, 0) is 26.1 Å². The van der Waals surface area contributed by atoms with Crippen molar-refractivity contribution in [1.82, 2.24) is 14.9 Å². The number of fused-ring (bicyclic) bond motifs is 2. The molecule has 3 aromatic heterocycles. The van der Waals surface area contributed by atoms with E-state index in [1.165, 1.54) is 56.5 Å². The van der Waals surface area contributed by atoms with Crippen molar-refractivity contribution in [3.63, 3.8) is 0 Å². The molecule has 2 N–H and O–H groups in total. The number of rotatable bonds is 10. The van der Waals surface area contributed by atoms with Crippen LogP contribution in [0.5, 0.6) is 0 Å². The predicted octanol–water partition coefficient (Wildman–Crippen LogP) is 24.3. The Labute approximate surface area is 497 Å². The number of hydrogen-bond donors (Lipinski definition) is 2. The molecule has 454 valence electrons. The van der Waals surface area contributed by atoms with E-state index in [2.05, 4.69) is 181 Å². The van der Waals surface area contributed by atoms with Gasteiger partial charge in [0.15, 0.2) is 0 Å². The zero-order valence-electron chi connectivity index (χ0n) is 58.0. The normalized spacial score (nSPS) is 9.80. The Bertz CT molecular complexity index is 2470. The van der Waals surface area contributed by atoms with Crippen molar-refractivity contribution in [2.45, 2.75) is 240 Å². The van der Waals surface area contributed by atoms with Crippen LogP contribution in [0.15, 0.2) is 109 Å². The second kappa shape index (κ2) is 55.7. The molecule has 0 atom stereocenters. The molecule has 0 amide bonds. The van der Waals surface area contributed by atoms with Crippen LogP contribution < -0.4 is 5.32 Å². The molecule has 6 aromatic rings. The third kappa shape index (κ3) is 37.6. The van der Waals surface area contributed by atoms with E-state index in [0.717, 1.165) is 53.4 Å². The summed E-state index contributed by atoms with van der Waals surface area (Å²) in [5.74, 6) is 4.03. The van der Waals surface area contributed by atoms with Gasteiger partial charge >= 0.3 is 164 Å². The SMILES string of the molecule is C#CC=C.CC.CC.CC.CC.CC.CC.CC.CC(C)(C)C.CC(C)(C)C.CC/C=C\C(=C(/C)CC)c1c(C)[nH]c2ccc(CC)cc12.CCc1bcccc1-c1c(C)n(Cc2ccccc2F)c2ccc(CF)cc12.CNC. The van der Waals surface area contributed by atoms with Crippen LogP contribution in [0.25, 0.3) is 38.5 Å². The molecule has 0 radical (unpaired) electrons. The maximum absolute atomic E-state index is 14.3. The van der Waals surface area contributed by atoms with Gasteiger partial charge in [-0.25, -0.2) is 0 Å². The molecule has 0 saturated carbocycles. The van der Waals surface area contributed by atoms with Crippen LogP contribution in [0, 0.1) is 42.8 Å². The molecular weight excluding hydrogens is 980 g/mol. The van der Waals surface area contributed by atoms with Crippen molar-refractivity contribution in [1.29, 1.82) is 0 Å². The molecule has 6 heteroatoms. The van der Waals surface area contributed by atoms with Gasteiger partial charge in [0.25, 0.3) is 0 Å². The van der Waals surface area contributed by atoms with Gasteiger partial charge in [-0.15, -0.1) is 6.42 Å². The summed E-state index contributed by atoms with van der Waals surface area (Å²) in [6, 6.07) is 23.5. The Morgan fingerprint density at radius 3 is 1.61 bits per heavy atom. The molecule has 3 nitrogen and oxygen atoms in total. The van der Waals surface area contributed by atoms with Crippen molar-refractivity contribution in [2.24, 2.45) is 10.8 Å². The minimum atomic E-state index is -0.498. The van der Waals surface area contributed by atoms with E-state index in [-0.39, 0.29) is 5.82 Å². The van der Waals surface area contributed by atoms with Crippen molar-refractivity contribution in [3.8, 4) is 23.5 Å². The van der Waals surface area contributed by atoms with Gasteiger partial charge in [0.1, 0.15) is 0 Å². The number of terminal acetylenes is 1. The maximum Gasteiger partial charge on any atom is -0.0167 e. The van der Waals surface area contributed by atoms with Gasteiger partial charge in [0.05, 0.1) is 0 Å². The standard InChI is InChI=1S/C24H22BF2N.C20H27N.2C5H12.C4H4.C2H7N.7C2H6/c1-3-21-19(8-6-12-25-21)24-16(2)28(15-18-7-4-5-9-22(18)27)23-11-10-17(14-26)13-20(23)24;1-6-9-10-17(14(4)7-2)20-15(5)21-19-12-11-16(8-3)13-18(19)20;2*1-5(2,3)4;1-3-4-2;1-3-2;7*1-2/h4-13H,3,14-15H2,1-2H3;9-13,21H,6-8H2,1-5H3;2*1-4H3;1,4H,2H2;3H,1-2H3;7*1-2H3/b;10-9-,17-14-;;;;;;;;;;;. The number of allylic oxidation sites excluding steroid dienone is 5. The summed E-state index contributed by atoms with van der Waals surface area (Å²) in [5.41, 5.74) is 16.0. The molecule has 0 bridgehead atoms. The third-order valence-electron chi connectivity index (χ3n) is 9.85. The summed E-state index contributed by atoms with van der Waals surface area (Å²) in [5, 5.41) is 5.13. The monoisotopic (exact) mass is 1110 g/mol. The smallest absolute Gasteiger partial charge is 0.0167 e. The van der Waals surface area contributed by atoms with Crippen LogP contribution in [0.2, 0.25) is 0 Å². The largest absolute Gasteiger partial charge is 0.323 e. The fourth-order valence-corrected chi connectivity index (χ4v) is 6.83. The first-order valence-corrected chi connectivity index (χ1v) is 30.7. The number of halogens is 2. The van der Waals surface area contributed by atoms with Crippen LogP contribution in [-0.4, -0.2) is 30.6 Å². The molecule has 0 saturated heterocycles. The second-order valence-electron chi connectivity index (χ2n) is 19.7. The van der Waals surface area contributed by atoms with Gasteiger partial charge in [-0.1, -0.05) is 209 Å². The summed E-state index contributed by atoms with van der Waals surface area (Å²) in [6.45, 7) is 66.1. The van der Waals surface area contributed by atoms with Crippen molar-refractivity contribution >= 4 is 34.3 Å². The Morgan fingerprint density at radius 1 is 0.713 bits per heavy atom. The van der Waals surface area contributed by atoms with Crippen LogP contribution in [0.1, 0.15) is 239 Å². The molecule has 0 aliphatic heterocycles. The van der Waals surface area contributed by atoms with Crippen molar-refractivity contribution < 1.29 is 8.78 Å². The zero-order valence-corrected chi connectivity index (χ0v) is 58.0. The van der Waals surface area contributed by atoms with E-state index in [1.807, 2.05) is 153 Å². The Balaban J connectivity index is -0.000000180. The molecular formula is C74H126BF2N3. The zero-order chi connectivity index (χ0) is 64.2. The Kier molecular flexibility index (Phi) is 61.6. The number of hydrogen-bond acceptors (Lipinski definition) is 1. The number of aromatic nitrogens is 2. The minimum absolute atomic E-state index is 0.209. The van der Waals surface area contributed by atoms with Crippen molar-refractivity contribution in [3.05, 3.63) is 154 Å². The van der Waals surface area contributed by atoms with Gasteiger partial charge in [-0.3, -0.25) is 0 Å². The summed E-state index contributed by atoms with van der Waals surface area (Å²) in [7, 11) is 3.75. The van der Waals surface area contributed by atoms with Crippen LogP contribution in [0.4, 0.5) is 8.78 Å². The van der Waals surface area contributed by atoms with E-state index in [1.54, 1.807) is 6.07 Å². The fourth-order valence-electron chi connectivity index (χ4n) is 6.83. The van der Waals surface area contributed by atoms with Gasteiger partial charge in [0, 0.05) is 22.2 Å². The number of nitrogens with zero attached hydrogens (tertiary/aromatic N) is 1. The quantitative estimate of drug-likeness (QED) is 0.104. The van der Waals surface area contributed by atoms with E-state index in [9.17, 15) is 8.78 Å². The molecule has 0 aliphatic rings. The predicted molar refractivity (Wildman–Crippen MR) is 372 cm³/mol. The summed E-state index contributed by atoms with van der Waals surface area (Å²) in [6.07, 6.45) is 14.8. The maximum atomic E-state index is 14.3. The number of nitrogens with one attached hydrogen (secondary N) is 2. The van der Waals surface area contributed by atoms with E-state index in [0.29, 0.717) is 28.5 Å². The van der Waals surface area contributed by atoms with Crippen LogP contribution in [0.3, 0.4) is 0 Å². The second-order valence-corrected chi connectivity index (χ2v) is 19.7. The fraction of sp³-hybridized carbons (Fsp3) is 0.527. The molecule has 80 heavy (non-hydrogen) atoms. The van der Waals surface area contributed by atoms with Crippen molar-refractivity contribution in [2.75, 3.05) is 14.1 Å². The Morgan fingerprint density at radius 2 is 1.19 bits per heavy atom. The van der Waals surface area contributed by atoms with Gasteiger partial charge < -0.3 is 10.3 Å². The number of aryl methyl sites for hydroxylation is 3. The minimum Gasteiger partial charge on any atom is -0.323 e. The number of aromatic amines is 1. The molecule has 0 aliphatic carbocycles. The van der Waals surface area contributed by atoms with Gasteiger partial charge in [-0.05, 0) is 87.4 Å². The first-order valence-electron chi connectivity index (χ1n) is 30.7. The van der Waals surface area contributed by atoms with E-state index >= 15 is 0 Å². The number of alkyl halides is 1. The first-order chi connectivity index (χ1) is 38.1. The summed E-state index contributed by atoms with van der Waals surface area (Å²) >= 11 is 0. The molecule has 3 aromatic carbocycles. The molecule has 0 fully saturated rings. The molecule has 3 heterocycles.